The summed E-state index contributed by atoms with van der Waals surface area (Å²) in [7, 11) is 0. The first kappa shape index (κ1) is 24.0. The summed E-state index contributed by atoms with van der Waals surface area (Å²) in [5, 5.41) is 34.7. The van der Waals surface area contributed by atoms with Crippen LogP contribution in [0.15, 0.2) is 23.0 Å². The van der Waals surface area contributed by atoms with Crippen molar-refractivity contribution in [1.82, 2.24) is 15.2 Å². The van der Waals surface area contributed by atoms with Gasteiger partial charge in [0.1, 0.15) is 17.7 Å². The Morgan fingerprint density at radius 2 is 1.74 bits per heavy atom. The minimum absolute atomic E-state index is 0.150. The van der Waals surface area contributed by atoms with Crippen molar-refractivity contribution in [2.24, 2.45) is 0 Å². The average molecular weight is 472 g/mol. The third-order valence-corrected chi connectivity index (χ3v) is 4.62. The van der Waals surface area contributed by atoms with Gasteiger partial charge in [-0.25, -0.2) is 0 Å². The van der Waals surface area contributed by atoms with Gasteiger partial charge in [-0.15, -0.1) is 0 Å². The van der Waals surface area contributed by atoms with Crippen LogP contribution in [0.4, 0.5) is 0 Å². The zero-order chi connectivity index (χ0) is 23.5. The molecule has 0 unspecified atom stereocenters. The first-order chi connectivity index (χ1) is 14.4. The molecule has 0 atom stereocenters. The van der Waals surface area contributed by atoms with Gasteiger partial charge in [0, 0.05) is 16.1 Å². The number of carboxylic acids is 1. The minimum atomic E-state index is -1.38. The van der Waals surface area contributed by atoms with Crippen LogP contribution in [0.2, 0.25) is 10.0 Å². The molecular formula is C19H19Cl2N3O7. The number of aromatic nitrogens is 1. The Morgan fingerprint density at radius 3 is 2.29 bits per heavy atom. The molecule has 0 radical (unpaired) electrons. The van der Waals surface area contributed by atoms with Gasteiger partial charge in [0.25, 0.3) is 17.4 Å². The molecule has 0 fully saturated rings. The number of benzene rings is 1. The molecule has 12 heteroatoms. The molecule has 1 aromatic carbocycles. The van der Waals surface area contributed by atoms with E-state index in [0.29, 0.717) is 15.2 Å². The fourth-order valence-electron chi connectivity index (χ4n) is 2.66. The number of nitrogens with zero attached hydrogens (tertiary/aromatic N) is 1. The first-order valence-electron chi connectivity index (χ1n) is 8.87. The Labute approximate surface area is 186 Å². The molecule has 0 aliphatic rings. The predicted molar refractivity (Wildman–Crippen MR) is 112 cm³/mol. The minimum Gasteiger partial charge on any atom is -0.506 e. The van der Waals surface area contributed by atoms with Crippen LogP contribution >= 0.6 is 23.2 Å². The molecule has 166 valence electrons. The van der Waals surface area contributed by atoms with Crippen molar-refractivity contribution in [1.29, 1.82) is 0 Å². The van der Waals surface area contributed by atoms with E-state index in [1.54, 1.807) is 13.8 Å². The largest absolute Gasteiger partial charge is 0.506 e. The molecule has 31 heavy (non-hydrogen) atoms. The fraction of sp³-hybridized carbons (Fsp3) is 0.263. The number of nitrogens with one attached hydrogen (secondary N) is 2. The van der Waals surface area contributed by atoms with Gasteiger partial charge in [-0.2, -0.15) is 0 Å². The first-order valence-corrected chi connectivity index (χ1v) is 9.63. The van der Waals surface area contributed by atoms with Crippen molar-refractivity contribution < 1.29 is 29.7 Å². The zero-order valence-corrected chi connectivity index (χ0v) is 17.9. The number of aromatic hydroxyl groups is 2. The molecule has 0 aliphatic carbocycles. The summed E-state index contributed by atoms with van der Waals surface area (Å²) in [5.41, 5.74) is -2.40. The number of pyridine rings is 1. The van der Waals surface area contributed by atoms with Crippen molar-refractivity contribution in [3.05, 3.63) is 55.3 Å². The molecule has 5 N–H and O–H groups in total. The summed E-state index contributed by atoms with van der Waals surface area (Å²) >= 11 is 12.0. The highest BCUT2D eigenvalue weighted by molar-refractivity contribution is 6.35. The van der Waals surface area contributed by atoms with Gasteiger partial charge in [0.15, 0.2) is 5.75 Å². The number of carbonyl (C=O) groups excluding carboxylic acids is 2. The van der Waals surface area contributed by atoms with E-state index in [9.17, 15) is 29.4 Å². The van der Waals surface area contributed by atoms with E-state index in [0.717, 1.165) is 0 Å². The summed E-state index contributed by atoms with van der Waals surface area (Å²) in [6.45, 7) is 2.03. The van der Waals surface area contributed by atoms with Crippen LogP contribution in [-0.4, -0.2) is 50.3 Å². The molecule has 10 nitrogen and oxygen atoms in total. The fourth-order valence-corrected chi connectivity index (χ4v) is 3.13. The van der Waals surface area contributed by atoms with E-state index < -0.39 is 58.7 Å². The van der Waals surface area contributed by atoms with Gasteiger partial charge < -0.3 is 26.0 Å². The van der Waals surface area contributed by atoms with Gasteiger partial charge in [-0.3, -0.25) is 23.7 Å². The second-order valence-corrected chi connectivity index (χ2v) is 7.60. The van der Waals surface area contributed by atoms with Crippen LogP contribution in [0.25, 0.3) is 0 Å². The van der Waals surface area contributed by atoms with E-state index in [1.165, 1.54) is 18.2 Å². The predicted octanol–water partition coefficient (Wildman–Crippen LogP) is 1.57. The molecule has 1 heterocycles. The Morgan fingerprint density at radius 1 is 1.10 bits per heavy atom. The third-order valence-electron chi connectivity index (χ3n) is 4.03. The quantitative estimate of drug-likeness (QED) is 0.409. The maximum Gasteiger partial charge on any atom is 0.322 e. The molecule has 2 rings (SSSR count). The number of aliphatic carboxylic acids is 1. The number of carbonyl (C=O) groups is 3. The lowest BCUT2D eigenvalue weighted by atomic mass is 10.1. The second kappa shape index (κ2) is 9.71. The van der Waals surface area contributed by atoms with Crippen LogP contribution in [0.5, 0.6) is 11.6 Å². The lowest BCUT2D eigenvalue weighted by Gasteiger charge is -2.18. The Bertz CT molecular complexity index is 1110. The molecule has 0 spiro atoms. The van der Waals surface area contributed by atoms with Gasteiger partial charge in [0.05, 0.1) is 6.54 Å². The normalized spacial score (nSPS) is 10.7. The maximum absolute atomic E-state index is 12.9. The summed E-state index contributed by atoms with van der Waals surface area (Å²) in [6.07, 6.45) is 0. The topological polar surface area (TPSA) is 158 Å². The molecule has 1 aromatic heterocycles. The van der Waals surface area contributed by atoms with E-state index in [1.807, 2.05) is 5.32 Å². The van der Waals surface area contributed by atoms with Crippen LogP contribution in [0.1, 0.15) is 40.1 Å². The summed E-state index contributed by atoms with van der Waals surface area (Å²) < 4.78 is 0.666. The number of hydrogen-bond acceptors (Lipinski definition) is 6. The number of hydrogen-bond donors (Lipinski definition) is 5. The van der Waals surface area contributed by atoms with Gasteiger partial charge >= 0.3 is 5.97 Å². The van der Waals surface area contributed by atoms with Crippen molar-refractivity contribution in [3.8, 4) is 11.6 Å². The van der Waals surface area contributed by atoms with Crippen molar-refractivity contribution in [3.63, 3.8) is 0 Å². The lowest BCUT2D eigenvalue weighted by Crippen LogP contribution is -2.38. The highest BCUT2D eigenvalue weighted by Crippen LogP contribution is 2.30. The average Bonchev–Trinajstić information content (AvgIpc) is 2.64. The van der Waals surface area contributed by atoms with E-state index >= 15 is 0 Å². The van der Waals surface area contributed by atoms with Gasteiger partial charge in [-0.05, 0) is 31.5 Å². The second-order valence-electron chi connectivity index (χ2n) is 6.75. The van der Waals surface area contributed by atoms with Gasteiger partial charge in [0.2, 0.25) is 5.88 Å². The lowest BCUT2D eigenvalue weighted by molar-refractivity contribution is -0.135. The smallest absolute Gasteiger partial charge is 0.322 e. The number of rotatable bonds is 7. The summed E-state index contributed by atoms with van der Waals surface area (Å²) in [5.74, 6) is -5.63. The highest BCUT2D eigenvalue weighted by atomic mass is 35.5. The van der Waals surface area contributed by atoms with Crippen LogP contribution < -0.4 is 16.2 Å². The Balaban J connectivity index is 2.71. The zero-order valence-electron chi connectivity index (χ0n) is 16.4. The molecule has 0 bridgehead atoms. The van der Waals surface area contributed by atoms with Crippen molar-refractivity contribution in [2.75, 3.05) is 6.54 Å². The molecule has 2 aromatic rings. The van der Waals surface area contributed by atoms with Crippen LogP contribution in [0.3, 0.4) is 0 Å². The maximum atomic E-state index is 12.9. The van der Waals surface area contributed by atoms with Gasteiger partial charge in [-0.1, -0.05) is 29.3 Å². The third kappa shape index (κ3) is 5.47. The monoisotopic (exact) mass is 471 g/mol. The number of carboxylic acid groups (broad SMARTS) is 1. The molecular weight excluding hydrogens is 453 g/mol. The number of amides is 2. The molecule has 0 aliphatic heterocycles. The Hall–Kier alpha value is -3.24. The molecule has 0 saturated carbocycles. The van der Waals surface area contributed by atoms with Crippen molar-refractivity contribution >= 4 is 41.0 Å². The Kier molecular flexibility index (Phi) is 7.53. The van der Waals surface area contributed by atoms with E-state index in [-0.39, 0.29) is 11.6 Å². The SMILES string of the molecule is CC(C)NC(=O)c1c(O)c(C(=O)NCC(=O)O)c(O)n(Cc2ccc(Cl)cc2Cl)c1=O. The van der Waals surface area contributed by atoms with Crippen LogP contribution in [0, 0.1) is 0 Å². The van der Waals surface area contributed by atoms with Crippen LogP contribution in [-0.2, 0) is 11.3 Å². The number of halogens is 2. The standard InChI is InChI=1S/C19H19Cl2N3O7/c1-8(2)23-17(29)14-15(27)13(16(28)22-6-12(25)26)18(30)24(19(14)31)7-9-3-4-10(20)5-11(9)21/h3-5,8,27,30H,6-7H2,1-2H3,(H,22,28)(H,23,29)(H,25,26). The summed E-state index contributed by atoms with van der Waals surface area (Å²) in [4.78, 5) is 48.6. The van der Waals surface area contributed by atoms with E-state index in [4.69, 9.17) is 28.3 Å². The van der Waals surface area contributed by atoms with Crippen molar-refractivity contribution in [2.45, 2.75) is 26.4 Å². The molecule has 2 amide bonds. The molecule has 0 saturated heterocycles. The summed E-state index contributed by atoms with van der Waals surface area (Å²) in [6, 6.07) is 3.94. The highest BCUT2D eigenvalue weighted by Gasteiger charge is 2.30. The van der Waals surface area contributed by atoms with E-state index in [2.05, 4.69) is 5.32 Å².